The normalized spacial score (nSPS) is 15.4. The standard InChI is InChI=1S/C15H17.Hf/c1-2-3-7-13-10-11-15(12-13)14-8-5-4-6-9-14;/h4-6,8-9,12H,2-3,7,11H2,1H3;. The van der Waals surface area contributed by atoms with E-state index in [2.05, 4.69) is 43.3 Å². The number of unbranched alkanes of at least 4 members (excludes halogenated alkanes) is 1. The summed E-state index contributed by atoms with van der Waals surface area (Å²) < 4.78 is 1.70. The number of rotatable bonds is 4. The molecule has 0 N–H and O–H groups in total. The van der Waals surface area contributed by atoms with Gasteiger partial charge in [0.05, 0.1) is 0 Å². The third-order valence-electron chi connectivity index (χ3n) is 3.05. The van der Waals surface area contributed by atoms with Crippen molar-refractivity contribution in [3.05, 3.63) is 50.9 Å². The number of hydrogen-bond acceptors (Lipinski definition) is 0. The molecular formula is C15H17Hf. The SMILES string of the molecule is CCCCC1=[C]([Hf])CC(c2ccccc2)=C1. The first-order valence-corrected chi connectivity index (χ1v) is 7.80. The Balaban J connectivity index is 2.12. The minimum absolute atomic E-state index is 1.20. The quantitative estimate of drug-likeness (QED) is 0.681. The predicted octanol–water partition coefficient (Wildman–Crippen LogP) is 4.46. The van der Waals surface area contributed by atoms with Crippen LogP contribution in [0.2, 0.25) is 0 Å². The molecule has 0 radical (unpaired) electrons. The van der Waals surface area contributed by atoms with Gasteiger partial charge in [0.2, 0.25) is 0 Å². The molecule has 1 aliphatic rings. The van der Waals surface area contributed by atoms with E-state index in [1.54, 1.807) is 8.90 Å². The molecule has 0 heterocycles. The van der Waals surface area contributed by atoms with Crippen molar-refractivity contribution in [1.29, 1.82) is 0 Å². The summed E-state index contributed by atoms with van der Waals surface area (Å²) in [6.07, 6.45) is 7.56. The van der Waals surface area contributed by atoms with E-state index in [-0.39, 0.29) is 0 Å². The fourth-order valence-electron chi connectivity index (χ4n) is 2.08. The van der Waals surface area contributed by atoms with E-state index in [1.807, 2.05) is 0 Å². The van der Waals surface area contributed by atoms with E-state index in [0.29, 0.717) is 0 Å². The van der Waals surface area contributed by atoms with Gasteiger partial charge in [-0.05, 0) is 0 Å². The molecule has 0 saturated carbocycles. The fourth-order valence-corrected chi connectivity index (χ4v) is 3.47. The van der Waals surface area contributed by atoms with Crippen molar-refractivity contribution in [2.75, 3.05) is 0 Å². The molecule has 0 saturated heterocycles. The molecule has 2 rings (SSSR count). The molecule has 0 spiro atoms. The van der Waals surface area contributed by atoms with Gasteiger partial charge in [0.15, 0.2) is 0 Å². The van der Waals surface area contributed by atoms with Crippen LogP contribution in [-0.2, 0) is 24.4 Å². The van der Waals surface area contributed by atoms with E-state index < -0.39 is 0 Å². The molecule has 81 valence electrons. The first-order valence-electron chi connectivity index (χ1n) is 6.01. The van der Waals surface area contributed by atoms with Gasteiger partial charge in [-0.15, -0.1) is 0 Å². The monoisotopic (exact) mass is 377 g/mol. The maximum absolute atomic E-state index is 2.44. The van der Waals surface area contributed by atoms with Crippen LogP contribution < -0.4 is 0 Å². The van der Waals surface area contributed by atoms with Crippen LogP contribution in [0.25, 0.3) is 5.57 Å². The molecule has 16 heavy (non-hydrogen) atoms. The van der Waals surface area contributed by atoms with E-state index in [9.17, 15) is 0 Å². The molecule has 0 aromatic heterocycles. The van der Waals surface area contributed by atoms with Gasteiger partial charge in [-0.25, -0.2) is 0 Å². The van der Waals surface area contributed by atoms with Crippen LogP contribution in [-0.4, -0.2) is 0 Å². The van der Waals surface area contributed by atoms with E-state index in [1.165, 1.54) is 61.2 Å². The molecule has 0 aliphatic heterocycles. The van der Waals surface area contributed by atoms with Crippen LogP contribution in [0.3, 0.4) is 0 Å². The summed E-state index contributed by atoms with van der Waals surface area (Å²) >= 11 is 1.22. The number of benzene rings is 1. The summed E-state index contributed by atoms with van der Waals surface area (Å²) in [7, 11) is 0. The van der Waals surface area contributed by atoms with Crippen molar-refractivity contribution in [1.82, 2.24) is 0 Å². The molecule has 1 aliphatic carbocycles. The molecule has 0 nitrogen and oxygen atoms in total. The second-order valence-electron chi connectivity index (χ2n) is 4.32. The van der Waals surface area contributed by atoms with E-state index in [4.69, 9.17) is 0 Å². The average Bonchev–Trinajstić information content (AvgIpc) is 2.69. The van der Waals surface area contributed by atoms with Crippen LogP contribution in [0, 0.1) is 0 Å². The van der Waals surface area contributed by atoms with Gasteiger partial charge in [0.25, 0.3) is 0 Å². The van der Waals surface area contributed by atoms with Crippen LogP contribution >= 0.6 is 0 Å². The molecular weight excluding hydrogens is 359 g/mol. The molecule has 1 aromatic carbocycles. The van der Waals surface area contributed by atoms with Gasteiger partial charge in [-0.2, -0.15) is 0 Å². The van der Waals surface area contributed by atoms with Crippen molar-refractivity contribution in [2.45, 2.75) is 32.6 Å². The maximum atomic E-state index is 2.44. The van der Waals surface area contributed by atoms with Crippen LogP contribution in [0.1, 0.15) is 38.2 Å². The van der Waals surface area contributed by atoms with E-state index >= 15 is 0 Å². The minimum atomic E-state index is 1.20. The molecule has 0 bridgehead atoms. The summed E-state index contributed by atoms with van der Waals surface area (Å²) in [5, 5.41) is 0. The van der Waals surface area contributed by atoms with Crippen LogP contribution in [0.4, 0.5) is 0 Å². The Morgan fingerprint density at radius 1 is 1.19 bits per heavy atom. The Morgan fingerprint density at radius 3 is 2.62 bits per heavy atom. The van der Waals surface area contributed by atoms with Crippen LogP contribution in [0.15, 0.2) is 45.3 Å². The summed E-state index contributed by atoms with van der Waals surface area (Å²) in [5.74, 6) is 0. The zero-order valence-electron chi connectivity index (χ0n) is 9.79. The second kappa shape index (κ2) is 5.77. The van der Waals surface area contributed by atoms with Crippen molar-refractivity contribution in [2.24, 2.45) is 0 Å². The number of allylic oxidation sites excluding steroid dienone is 4. The van der Waals surface area contributed by atoms with E-state index in [0.717, 1.165) is 0 Å². The Hall–Kier alpha value is -0.430. The fraction of sp³-hybridized carbons (Fsp3) is 0.333. The number of hydrogen-bond donors (Lipinski definition) is 0. The van der Waals surface area contributed by atoms with Gasteiger partial charge in [0.1, 0.15) is 0 Å². The zero-order valence-corrected chi connectivity index (χ0v) is 13.4. The van der Waals surface area contributed by atoms with Crippen LogP contribution in [0.5, 0.6) is 0 Å². The third-order valence-corrected chi connectivity index (χ3v) is 4.84. The van der Waals surface area contributed by atoms with Crippen molar-refractivity contribution < 1.29 is 24.4 Å². The summed E-state index contributed by atoms with van der Waals surface area (Å²) in [6, 6.07) is 10.8. The Morgan fingerprint density at radius 2 is 1.94 bits per heavy atom. The zero-order chi connectivity index (χ0) is 11.4. The van der Waals surface area contributed by atoms with Gasteiger partial charge in [-0.1, -0.05) is 0 Å². The molecule has 1 heteroatoms. The molecule has 0 unspecified atom stereocenters. The summed E-state index contributed by atoms with van der Waals surface area (Å²) in [4.78, 5) is 0. The predicted molar refractivity (Wildman–Crippen MR) is 65.6 cm³/mol. The van der Waals surface area contributed by atoms with Gasteiger partial charge in [-0.3, -0.25) is 0 Å². The Bertz CT molecular complexity index is 412. The van der Waals surface area contributed by atoms with Crippen molar-refractivity contribution >= 4 is 5.57 Å². The summed E-state index contributed by atoms with van der Waals surface area (Å²) in [6.45, 7) is 2.27. The second-order valence-corrected chi connectivity index (χ2v) is 6.49. The van der Waals surface area contributed by atoms with Gasteiger partial charge in [0, 0.05) is 0 Å². The molecule has 0 amide bonds. The molecule has 1 aromatic rings. The Kier molecular flexibility index (Phi) is 4.34. The molecule has 0 fully saturated rings. The average molecular weight is 376 g/mol. The van der Waals surface area contributed by atoms with Gasteiger partial charge >= 0.3 is 113 Å². The topological polar surface area (TPSA) is 0 Å². The van der Waals surface area contributed by atoms with Crippen molar-refractivity contribution in [3.8, 4) is 0 Å². The van der Waals surface area contributed by atoms with Gasteiger partial charge < -0.3 is 0 Å². The Labute approximate surface area is 113 Å². The first-order chi connectivity index (χ1) is 7.81. The first kappa shape index (κ1) is 12.0. The van der Waals surface area contributed by atoms with Crippen molar-refractivity contribution in [3.63, 3.8) is 0 Å². The third kappa shape index (κ3) is 2.82. The molecule has 0 atom stereocenters. The summed E-state index contributed by atoms with van der Waals surface area (Å²) in [5.41, 5.74) is 4.56.